The van der Waals surface area contributed by atoms with Crippen molar-refractivity contribution in [3.05, 3.63) is 138 Å². The zero-order valence-electron chi connectivity index (χ0n) is 19.0. The van der Waals surface area contributed by atoms with Gasteiger partial charge >= 0.3 is 0 Å². The summed E-state index contributed by atoms with van der Waals surface area (Å²) in [6.07, 6.45) is 0. The number of nitrogens with one attached hydrogen (secondary N) is 1. The highest BCUT2D eigenvalue weighted by molar-refractivity contribution is 7.90. The van der Waals surface area contributed by atoms with E-state index in [1.807, 2.05) is 48.5 Å². The van der Waals surface area contributed by atoms with Gasteiger partial charge < -0.3 is 0 Å². The number of rotatable bonds is 7. The van der Waals surface area contributed by atoms with Crippen LogP contribution in [0, 0.1) is 0 Å². The Kier molecular flexibility index (Phi) is 6.30. The van der Waals surface area contributed by atoms with E-state index in [9.17, 15) is 16.8 Å². The Bertz CT molecular complexity index is 1650. The van der Waals surface area contributed by atoms with Gasteiger partial charge in [0.05, 0.1) is 21.4 Å². The smallest absolute Gasteiger partial charge is 0.282 e. The monoisotopic (exact) mass is 514 g/mol. The van der Waals surface area contributed by atoms with E-state index in [0.717, 1.165) is 5.56 Å². The second-order valence-electron chi connectivity index (χ2n) is 8.18. The molecule has 0 bridgehead atoms. The molecule has 8 heteroatoms. The molecule has 1 aliphatic carbocycles. The van der Waals surface area contributed by atoms with Crippen LogP contribution in [0.1, 0.15) is 17.0 Å². The molecule has 6 nitrogen and oxygen atoms in total. The van der Waals surface area contributed by atoms with Gasteiger partial charge in [0.2, 0.25) is 0 Å². The molecular formula is C28H22N2O4S2. The van der Waals surface area contributed by atoms with E-state index in [0.29, 0.717) is 16.8 Å². The molecule has 0 amide bonds. The van der Waals surface area contributed by atoms with Crippen LogP contribution in [0.25, 0.3) is 5.57 Å². The Morgan fingerprint density at radius 3 is 1.61 bits per heavy atom. The molecule has 1 atom stereocenters. The van der Waals surface area contributed by atoms with Crippen LogP contribution in [-0.4, -0.2) is 22.5 Å². The van der Waals surface area contributed by atoms with Crippen LogP contribution in [0.15, 0.2) is 141 Å². The van der Waals surface area contributed by atoms with Crippen molar-refractivity contribution in [3.63, 3.8) is 0 Å². The van der Waals surface area contributed by atoms with Crippen LogP contribution in [0.4, 0.5) is 0 Å². The minimum Gasteiger partial charge on any atom is -0.282 e. The van der Waals surface area contributed by atoms with Gasteiger partial charge in [-0.15, -0.1) is 0 Å². The first-order chi connectivity index (χ1) is 17.4. The molecule has 0 saturated carbocycles. The largest absolute Gasteiger partial charge is 0.282 e. The third-order valence-corrected chi connectivity index (χ3v) is 8.53. The standard InChI is InChI=1S/C28H22N2O4S2/c31-35(32,23-17-9-3-10-18-23)29-27-25(21-13-5-1-6-14-21)28(26(27)22-15-7-2-8-16-22)30-36(33,34)24-19-11-4-12-20-24/h1-20,25,29H/b30-28+. The first kappa shape index (κ1) is 23.7. The SMILES string of the molecule is O=S(=O)(/N=C1/C(c2ccccc2)=C(NS(=O)(=O)c2ccccc2)C1c1ccccc1)c1ccccc1. The Morgan fingerprint density at radius 1 is 0.583 bits per heavy atom. The van der Waals surface area contributed by atoms with Crippen molar-refractivity contribution in [2.24, 2.45) is 4.40 Å². The number of sulfonamides is 2. The Balaban J connectivity index is 1.72. The van der Waals surface area contributed by atoms with Gasteiger partial charge in [-0.25, -0.2) is 8.42 Å². The van der Waals surface area contributed by atoms with Gasteiger partial charge in [0.1, 0.15) is 0 Å². The van der Waals surface area contributed by atoms with Gasteiger partial charge in [-0.2, -0.15) is 12.8 Å². The molecule has 4 aromatic rings. The maximum absolute atomic E-state index is 13.3. The van der Waals surface area contributed by atoms with Gasteiger partial charge in [-0.1, -0.05) is 97.1 Å². The van der Waals surface area contributed by atoms with E-state index in [4.69, 9.17) is 0 Å². The van der Waals surface area contributed by atoms with Crippen molar-refractivity contribution in [1.82, 2.24) is 4.72 Å². The van der Waals surface area contributed by atoms with Crippen LogP contribution in [0.3, 0.4) is 0 Å². The predicted octanol–water partition coefficient (Wildman–Crippen LogP) is 5.00. The first-order valence-corrected chi connectivity index (χ1v) is 14.1. The maximum atomic E-state index is 13.3. The second kappa shape index (κ2) is 9.56. The molecule has 0 spiro atoms. The lowest BCUT2D eigenvalue weighted by atomic mass is 9.73. The van der Waals surface area contributed by atoms with Gasteiger partial charge in [0.25, 0.3) is 20.0 Å². The molecule has 5 rings (SSSR count). The van der Waals surface area contributed by atoms with Crippen LogP contribution < -0.4 is 4.72 Å². The molecule has 0 fully saturated rings. The molecular weight excluding hydrogens is 492 g/mol. The van der Waals surface area contributed by atoms with E-state index in [2.05, 4.69) is 9.12 Å². The number of benzene rings is 4. The second-order valence-corrected chi connectivity index (χ2v) is 11.5. The fraction of sp³-hybridized carbons (Fsp3) is 0.0357. The summed E-state index contributed by atoms with van der Waals surface area (Å²) in [7, 11) is -7.98. The molecule has 4 aromatic carbocycles. The van der Waals surface area contributed by atoms with Crippen LogP contribution >= 0.6 is 0 Å². The number of hydrogen-bond donors (Lipinski definition) is 1. The normalized spacial score (nSPS) is 17.0. The van der Waals surface area contributed by atoms with Crippen LogP contribution in [-0.2, 0) is 20.0 Å². The minimum absolute atomic E-state index is 0.0649. The quantitative estimate of drug-likeness (QED) is 0.376. The van der Waals surface area contributed by atoms with E-state index >= 15 is 0 Å². The van der Waals surface area contributed by atoms with Crippen LogP contribution in [0.2, 0.25) is 0 Å². The summed E-state index contributed by atoms with van der Waals surface area (Å²) in [4.78, 5) is 0.175. The molecule has 36 heavy (non-hydrogen) atoms. The topological polar surface area (TPSA) is 92.7 Å². The molecule has 1 unspecified atom stereocenters. The zero-order valence-corrected chi connectivity index (χ0v) is 20.7. The molecule has 0 aromatic heterocycles. The lowest BCUT2D eigenvalue weighted by molar-refractivity contribution is 0.586. The van der Waals surface area contributed by atoms with E-state index in [1.54, 1.807) is 48.5 Å². The highest BCUT2D eigenvalue weighted by atomic mass is 32.2. The summed E-state index contributed by atoms with van der Waals surface area (Å²) in [5.41, 5.74) is 2.49. The molecule has 180 valence electrons. The predicted molar refractivity (Wildman–Crippen MR) is 140 cm³/mol. The summed E-state index contributed by atoms with van der Waals surface area (Å²) in [6.45, 7) is 0. The molecule has 1 N–H and O–H groups in total. The van der Waals surface area contributed by atoms with Crippen LogP contribution in [0.5, 0.6) is 0 Å². The van der Waals surface area contributed by atoms with Gasteiger partial charge in [-0.05, 0) is 35.4 Å². The summed E-state index contributed by atoms with van der Waals surface area (Å²) < 4.78 is 60.1. The molecule has 0 aliphatic heterocycles. The average molecular weight is 515 g/mol. The number of allylic oxidation sites excluding steroid dienone is 2. The van der Waals surface area contributed by atoms with E-state index in [-0.39, 0.29) is 15.5 Å². The van der Waals surface area contributed by atoms with Gasteiger partial charge in [-0.3, -0.25) is 4.72 Å². The minimum atomic E-state index is -4.04. The third-order valence-electron chi connectivity index (χ3n) is 5.84. The Morgan fingerprint density at radius 2 is 1.06 bits per heavy atom. The van der Waals surface area contributed by atoms with Crippen molar-refractivity contribution < 1.29 is 16.8 Å². The fourth-order valence-electron chi connectivity index (χ4n) is 4.15. The summed E-state index contributed by atoms with van der Waals surface area (Å²) in [5.74, 6) is -0.682. The first-order valence-electron chi connectivity index (χ1n) is 11.2. The lowest BCUT2D eigenvalue weighted by Crippen LogP contribution is -2.39. The van der Waals surface area contributed by atoms with E-state index in [1.165, 1.54) is 24.3 Å². The summed E-state index contributed by atoms with van der Waals surface area (Å²) in [6, 6.07) is 34.2. The van der Waals surface area contributed by atoms with E-state index < -0.39 is 26.0 Å². The summed E-state index contributed by atoms with van der Waals surface area (Å²) in [5, 5.41) is 0. The van der Waals surface area contributed by atoms with Crippen molar-refractivity contribution in [3.8, 4) is 0 Å². The van der Waals surface area contributed by atoms with Crippen molar-refractivity contribution in [1.29, 1.82) is 0 Å². The Labute approximate surface area is 210 Å². The Hall–Kier alpha value is -4.01. The number of hydrogen-bond acceptors (Lipinski definition) is 4. The molecule has 0 radical (unpaired) electrons. The highest BCUT2D eigenvalue weighted by Crippen LogP contribution is 2.45. The van der Waals surface area contributed by atoms with Gasteiger partial charge in [0, 0.05) is 11.3 Å². The third kappa shape index (κ3) is 4.60. The fourth-order valence-corrected chi connectivity index (χ4v) is 6.35. The maximum Gasteiger partial charge on any atom is 0.282 e. The lowest BCUT2D eigenvalue weighted by Gasteiger charge is -2.36. The zero-order chi connectivity index (χ0) is 25.2. The average Bonchev–Trinajstić information content (AvgIpc) is 2.90. The van der Waals surface area contributed by atoms with Crippen molar-refractivity contribution >= 4 is 31.3 Å². The van der Waals surface area contributed by atoms with Crippen molar-refractivity contribution in [2.45, 2.75) is 15.7 Å². The highest BCUT2D eigenvalue weighted by Gasteiger charge is 2.42. The van der Waals surface area contributed by atoms with Gasteiger partial charge in [0.15, 0.2) is 0 Å². The number of nitrogens with zero attached hydrogens (tertiary/aromatic N) is 1. The van der Waals surface area contributed by atoms with Crippen molar-refractivity contribution in [2.75, 3.05) is 0 Å². The molecule has 1 aliphatic rings. The summed E-state index contributed by atoms with van der Waals surface area (Å²) >= 11 is 0. The molecule has 0 saturated heterocycles. The molecule has 0 heterocycles.